The molecule has 0 saturated carbocycles. The molecule has 2 rings (SSSR count). The van der Waals surface area contributed by atoms with Crippen molar-refractivity contribution in [2.45, 2.75) is 42.7 Å². The van der Waals surface area contributed by atoms with Crippen LogP contribution in [0.4, 0.5) is 0 Å². The second-order valence-electron chi connectivity index (χ2n) is 5.20. The van der Waals surface area contributed by atoms with Crippen molar-refractivity contribution in [2.75, 3.05) is 13.7 Å². The quantitative estimate of drug-likeness (QED) is 0.707. The first-order valence-corrected chi connectivity index (χ1v) is 7.68. The SMILES string of the molecule is COC1C(O)[C@H](c2c[nH]c(=O)[nH]c2=O)S[C@@H]1COC(C)C. The molecule has 2 unspecified atom stereocenters. The standard InChI is InChI=1S/C13H20N2O5S/c1-6(2)20-5-8-10(19-3)9(16)11(21-8)7-4-14-13(18)15-12(7)17/h4,6,8-11,16H,5H2,1-3H3,(H2,14,15,17,18)/t8-,9?,10?,11+/m1/s1. The number of methoxy groups -OCH3 is 1. The molecule has 0 aliphatic carbocycles. The minimum atomic E-state index is -0.840. The number of hydrogen-bond acceptors (Lipinski definition) is 6. The number of aliphatic hydroxyl groups is 1. The lowest BCUT2D eigenvalue weighted by molar-refractivity contribution is -0.0237. The first-order valence-electron chi connectivity index (χ1n) is 6.74. The van der Waals surface area contributed by atoms with Gasteiger partial charge in [-0.05, 0) is 13.8 Å². The molecule has 4 atom stereocenters. The monoisotopic (exact) mass is 316 g/mol. The van der Waals surface area contributed by atoms with Gasteiger partial charge in [0.15, 0.2) is 0 Å². The number of aliphatic hydroxyl groups excluding tert-OH is 1. The van der Waals surface area contributed by atoms with Crippen LogP contribution < -0.4 is 11.2 Å². The zero-order valence-electron chi connectivity index (χ0n) is 12.2. The number of ether oxygens (including phenoxy) is 2. The third-order valence-corrected chi connectivity index (χ3v) is 4.94. The summed E-state index contributed by atoms with van der Waals surface area (Å²) in [7, 11) is 1.52. The summed E-state index contributed by atoms with van der Waals surface area (Å²) in [5, 5.41) is 9.84. The van der Waals surface area contributed by atoms with Crippen molar-refractivity contribution in [3.8, 4) is 0 Å². The normalized spacial score (nSPS) is 29.2. The Labute approximate surface area is 126 Å². The van der Waals surface area contributed by atoms with Crippen LogP contribution >= 0.6 is 11.8 Å². The number of H-pyrrole nitrogens is 2. The number of rotatable bonds is 5. The van der Waals surface area contributed by atoms with Gasteiger partial charge in [0.2, 0.25) is 0 Å². The van der Waals surface area contributed by atoms with Gasteiger partial charge in [-0.2, -0.15) is 0 Å². The minimum Gasteiger partial charge on any atom is -0.389 e. The molecule has 2 heterocycles. The summed E-state index contributed by atoms with van der Waals surface area (Å²) in [4.78, 5) is 27.5. The maximum atomic E-state index is 11.9. The maximum Gasteiger partial charge on any atom is 0.325 e. The highest BCUT2D eigenvalue weighted by atomic mass is 32.2. The van der Waals surface area contributed by atoms with Crippen LogP contribution in [0.25, 0.3) is 0 Å². The van der Waals surface area contributed by atoms with E-state index in [9.17, 15) is 14.7 Å². The Balaban J connectivity index is 2.21. The largest absolute Gasteiger partial charge is 0.389 e. The molecule has 8 heteroatoms. The van der Waals surface area contributed by atoms with Crippen molar-refractivity contribution < 1.29 is 14.6 Å². The summed E-state index contributed by atoms with van der Waals surface area (Å²) in [6, 6.07) is 0. The van der Waals surface area contributed by atoms with Gasteiger partial charge in [-0.15, -0.1) is 11.8 Å². The van der Waals surface area contributed by atoms with Crippen LogP contribution in [0.3, 0.4) is 0 Å². The molecule has 1 aromatic rings. The summed E-state index contributed by atoms with van der Waals surface area (Å²) >= 11 is 1.42. The van der Waals surface area contributed by atoms with Crippen LogP contribution in [0.15, 0.2) is 15.8 Å². The molecule has 0 amide bonds. The number of thioether (sulfide) groups is 1. The van der Waals surface area contributed by atoms with E-state index >= 15 is 0 Å². The molecule has 1 saturated heterocycles. The Bertz CT molecular complexity index is 584. The fraction of sp³-hybridized carbons (Fsp3) is 0.692. The molecule has 0 bridgehead atoms. The predicted molar refractivity (Wildman–Crippen MR) is 79.7 cm³/mol. The van der Waals surface area contributed by atoms with E-state index in [2.05, 4.69) is 9.97 Å². The van der Waals surface area contributed by atoms with E-state index in [1.165, 1.54) is 25.1 Å². The lowest BCUT2D eigenvalue weighted by Crippen LogP contribution is -2.36. The lowest BCUT2D eigenvalue weighted by Gasteiger charge is -2.20. The Kier molecular flexibility index (Phi) is 5.26. The Hall–Kier alpha value is -1.09. The highest BCUT2D eigenvalue weighted by Crippen LogP contribution is 2.45. The van der Waals surface area contributed by atoms with Gasteiger partial charge in [-0.1, -0.05) is 0 Å². The van der Waals surface area contributed by atoms with Gasteiger partial charge in [0.05, 0.1) is 35.4 Å². The third kappa shape index (κ3) is 3.57. The van der Waals surface area contributed by atoms with Crippen LogP contribution in [-0.4, -0.2) is 52.4 Å². The Morgan fingerprint density at radius 3 is 2.71 bits per heavy atom. The first kappa shape index (κ1) is 16.3. The predicted octanol–water partition coefficient (Wildman–Crippen LogP) is 0.0206. The smallest absolute Gasteiger partial charge is 0.325 e. The zero-order chi connectivity index (χ0) is 15.6. The molecule has 1 fully saturated rings. The van der Waals surface area contributed by atoms with Crippen LogP contribution in [-0.2, 0) is 9.47 Å². The molecule has 7 nitrogen and oxygen atoms in total. The van der Waals surface area contributed by atoms with Gasteiger partial charge < -0.3 is 19.6 Å². The highest BCUT2D eigenvalue weighted by molar-refractivity contribution is 8.00. The zero-order valence-corrected chi connectivity index (χ0v) is 13.0. The first-order chi connectivity index (χ1) is 9.93. The number of aromatic nitrogens is 2. The summed E-state index contributed by atoms with van der Waals surface area (Å²) in [5.41, 5.74) is -0.721. The molecular weight excluding hydrogens is 296 g/mol. The second kappa shape index (κ2) is 6.78. The maximum absolute atomic E-state index is 11.9. The second-order valence-corrected chi connectivity index (χ2v) is 6.58. The molecule has 1 aromatic heterocycles. The molecule has 0 spiro atoms. The van der Waals surface area contributed by atoms with Crippen LogP contribution in [0.5, 0.6) is 0 Å². The van der Waals surface area contributed by atoms with Crippen molar-refractivity contribution >= 4 is 11.8 Å². The van der Waals surface area contributed by atoms with E-state index in [0.717, 1.165) is 0 Å². The molecular formula is C13H20N2O5S. The van der Waals surface area contributed by atoms with Crippen LogP contribution in [0, 0.1) is 0 Å². The van der Waals surface area contributed by atoms with E-state index in [-0.39, 0.29) is 11.4 Å². The van der Waals surface area contributed by atoms with Gasteiger partial charge in [-0.25, -0.2) is 4.79 Å². The van der Waals surface area contributed by atoms with Gasteiger partial charge >= 0.3 is 5.69 Å². The van der Waals surface area contributed by atoms with E-state index < -0.39 is 28.7 Å². The number of nitrogens with one attached hydrogen (secondary N) is 2. The van der Waals surface area contributed by atoms with Gasteiger partial charge in [0, 0.05) is 18.9 Å². The van der Waals surface area contributed by atoms with Crippen molar-refractivity contribution in [3.63, 3.8) is 0 Å². The summed E-state index contributed by atoms with van der Waals surface area (Å²) in [6.07, 6.45) is 0.161. The van der Waals surface area contributed by atoms with Crippen molar-refractivity contribution in [3.05, 3.63) is 32.6 Å². The summed E-state index contributed by atoms with van der Waals surface area (Å²) < 4.78 is 10.9. The van der Waals surface area contributed by atoms with Crippen molar-refractivity contribution in [1.82, 2.24) is 9.97 Å². The molecule has 1 aliphatic rings. The van der Waals surface area contributed by atoms with Gasteiger partial charge in [0.25, 0.3) is 5.56 Å². The molecule has 3 N–H and O–H groups in total. The summed E-state index contributed by atoms with van der Waals surface area (Å²) in [5.74, 6) is 0. The van der Waals surface area contributed by atoms with E-state index in [1.807, 2.05) is 13.8 Å². The molecule has 0 radical (unpaired) electrons. The molecule has 1 aliphatic heterocycles. The molecule has 0 aromatic carbocycles. The molecule has 118 valence electrons. The molecule has 21 heavy (non-hydrogen) atoms. The Morgan fingerprint density at radius 2 is 2.14 bits per heavy atom. The van der Waals surface area contributed by atoms with Gasteiger partial charge in [0.1, 0.15) is 0 Å². The van der Waals surface area contributed by atoms with Gasteiger partial charge in [-0.3, -0.25) is 9.78 Å². The van der Waals surface area contributed by atoms with Crippen molar-refractivity contribution in [2.24, 2.45) is 0 Å². The topological polar surface area (TPSA) is 104 Å². The van der Waals surface area contributed by atoms with Crippen LogP contribution in [0.2, 0.25) is 0 Å². The minimum absolute atomic E-state index is 0.0794. The Morgan fingerprint density at radius 1 is 1.43 bits per heavy atom. The average Bonchev–Trinajstić information content (AvgIpc) is 2.73. The number of aromatic amines is 2. The summed E-state index contributed by atoms with van der Waals surface area (Å²) in [6.45, 7) is 4.29. The van der Waals surface area contributed by atoms with Crippen molar-refractivity contribution in [1.29, 1.82) is 0 Å². The number of hydrogen-bond donors (Lipinski definition) is 3. The van der Waals surface area contributed by atoms with E-state index in [1.54, 1.807) is 0 Å². The van der Waals surface area contributed by atoms with Crippen LogP contribution in [0.1, 0.15) is 24.7 Å². The van der Waals surface area contributed by atoms with E-state index in [0.29, 0.717) is 12.2 Å². The third-order valence-electron chi connectivity index (χ3n) is 3.36. The van der Waals surface area contributed by atoms with E-state index in [4.69, 9.17) is 9.47 Å². The fourth-order valence-corrected chi connectivity index (χ4v) is 3.94. The average molecular weight is 316 g/mol. The fourth-order valence-electron chi connectivity index (χ4n) is 2.34. The highest BCUT2D eigenvalue weighted by Gasteiger charge is 2.45. The lowest BCUT2D eigenvalue weighted by atomic mass is 10.0.